The molecule has 1 N–H and O–H groups in total. The molecule has 166 valence electrons. The molecule has 11 heteroatoms. The Labute approximate surface area is 175 Å². The van der Waals surface area contributed by atoms with Gasteiger partial charge in [0.15, 0.2) is 11.4 Å². The molecule has 0 amide bonds. The fraction of sp³-hybridized carbons (Fsp3) is 0.684. The molecular weight excluding hydrogens is 412 g/mol. The van der Waals surface area contributed by atoms with Gasteiger partial charge in [-0.1, -0.05) is 27.2 Å². The van der Waals surface area contributed by atoms with E-state index in [4.69, 9.17) is 8.92 Å². The molecule has 2 aromatic rings. The lowest BCUT2D eigenvalue weighted by atomic mass is 9.91. The average molecular weight is 441 g/mol. The van der Waals surface area contributed by atoms with E-state index in [1.807, 2.05) is 20.8 Å². The standard InChI is InChI=1S/C19H28N4O6S/c1-5-11(2)12(3)15(25)8-30(26,27)28-7-16-14(24)6-17(29-16)23-10-22-18-13(4)20-9-21-19(18)23/h9-12,14,16-17,24H,5-8H2,1-4H3/t11-,12-,14+,16-,17+/m0/s1. The van der Waals surface area contributed by atoms with Crippen molar-refractivity contribution in [1.82, 2.24) is 19.5 Å². The Hall–Kier alpha value is -1.95. The van der Waals surface area contributed by atoms with Crippen LogP contribution < -0.4 is 0 Å². The summed E-state index contributed by atoms with van der Waals surface area (Å²) in [6.07, 6.45) is 1.64. The van der Waals surface area contributed by atoms with Crippen molar-refractivity contribution in [3.05, 3.63) is 18.3 Å². The van der Waals surface area contributed by atoms with Crippen molar-refractivity contribution in [1.29, 1.82) is 0 Å². The maximum atomic E-state index is 12.2. The van der Waals surface area contributed by atoms with Crippen molar-refractivity contribution in [3.63, 3.8) is 0 Å². The highest BCUT2D eigenvalue weighted by atomic mass is 32.2. The minimum atomic E-state index is -4.07. The number of carbonyl (C=O) groups excluding carboxylic acids is 1. The SMILES string of the molecule is CC[C@H](C)[C@H](C)C(=O)CS(=O)(=O)OC[C@@H]1O[C@@H](n2cnc3c(C)ncnc32)C[C@H]1O. The molecule has 30 heavy (non-hydrogen) atoms. The fourth-order valence-electron chi connectivity index (χ4n) is 3.40. The van der Waals surface area contributed by atoms with E-state index < -0.39 is 34.3 Å². The molecule has 1 aliphatic heterocycles. The molecular formula is C19H28N4O6S. The van der Waals surface area contributed by atoms with Crippen LogP contribution >= 0.6 is 0 Å². The second kappa shape index (κ2) is 9.04. The van der Waals surface area contributed by atoms with Gasteiger partial charge in [-0.15, -0.1) is 0 Å². The van der Waals surface area contributed by atoms with Gasteiger partial charge in [0.25, 0.3) is 10.1 Å². The second-order valence-electron chi connectivity index (χ2n) is 7.84. The van der Waals surface area contributed by atoms with Gasteiger partial charge in [-0.3, -0.25) is 13.5 Å². The highest BCUT2D eigenvalue weighted by Gasteiger charge is 2.37. The Morgan fingerprint density at radius 2 is 2.10 bits per heavy atom. The van der Waals surface area contributed by atoms with Gasteiger partial charge >= 0.3 is 0 Å². The molecule has 0 saturated carbocycles. The van der Waals surface area contributed by atoms with Crippen molar-refractivity contribution in [2.45, 2.75) is 59.0 Å². The van der Waals surface area contributed by atoms with Crippen LogP contribution in [0.1, 0.15) is 45.5 Å². The van der Waals surface area contributed by atoms with Crippen molar-refractivity contribution in [2.75, 3.05) is 12.4 Å². The van der Waals surface area contributed by atoms with Crippen LogP contribution in [0.5, 0.6) is 0 Å². The topological polar surface area (TPSA) is 134 Å². The largest absolute Gasteiger partial charge is 0.390 e. The van der Waals surface area contributed by atoms with E-state index in [2.05, 4.69) is 15.0 Å². The fourth-order valence-corrected chi connectivity index (χ4v) is 4.44. The molecule has 3 rings (SSSR count). The van der Waals surface area contributed by atoms with Gasteiger partial charge in [-0.2, -0.15) is 8.42 Å². The first-order valence-corrected chi connectivity index (χ1v) is 11.6. The highest BCUT2D eigenvalue weighted by molar-refractivity contribution is 7.87. The summed E-state index contributed by atoms with van der Waals surface area (Å²) in [6.45, 7) is 7.03. The summed E-state index contributed by atoms with van der Waals surface area (Å²) in [5.41, 5.74) is 1.92. The Bertz CT molecular complexity index is 1010. The number of nitrogens with zero attached hydrogens (tertiary/aromatic N) is 4. The lowest BCUT2D eigenvalue weighted by molar-refractivity contribution is -0.121. The van der Waals surface area contributed by atoms with Gasteiger partial charge in [0.05, 0.1) is 24.7 Å². The summed E-state index contributed by atoms with van der Waals surface area (Å²) < 4.78 is 37.0. The molecule has 0 spiro atoms. The number of carbonyl (C=O) groups is 1. The van der Waals surface area contributed by atoms with Crippen LogP contribution in [0.2, 0.25) is 0 Å². The Balaban J connectivity index is 1.61. The van der Waals surface area contributed by atoms with Crippen molar-refractivity contribution in [3.8, 4) is 0 Å². The van der Waals surface area contributed by atoms with Gasteiger partial charge in [0.2, 0.25) is 0 Å². The van der Waals surface area contributed by atoms with Gasteiger partial charge in [-0.05, 0) is 12.8 Å². The van der Waals surface area contributed by atoms with Crippen molar-refractivity contribution in [2.24, 2.45) is 11.8 Å². The Kier molecular flexibility index (Phi) is 6.85. The summed E-state index contributed by atoms with van der Waals surface area (Å²) >= 11 is 0. The number of aryl methyl sites for hydroxylation is 1. The Morgan fingerprint density at radius 3 is 2.80 bits per heavy atom. The third kappa shape index (κ3) is 4.85. The third-order valence-electron chi connectivity index (χ3n) is 5.79. The van der Waals surface area contributed by atoms with E-state index in [1.165, 1.54) is 6.33 Å². The first-order chi connectivity index (χ1) is 14.1. The molecule has 3 heterocycles. The molecule has 0 aromatic carbocycles. The summed E-state index contributed by atoms with van der Waals surface area (Å²) in [4.78, 5) is 24.8. The normalized spacial score (nSPS) is 24.2. The van der Waals surface area contributed by atoms with Crippen LogP contribution in [0.4, 0.5) is 0 Å². The summed E-state index contributed by atoms with van der Waals surface area (Å²) in [5, 5.41) is 10.3. The third-order valence-corrected chi connectivity index (χ3v) is 6.93. The molecule has 0 aliphatic carbocycles. The number of aliphatic hydroxyl groups is 1. The first-order valence-electron chi connectivity index (χ1n) is 10.0. The van der Waals surface area contributed by atoms with Crippen LogP contribution in [0.15, 0.2) is 12.7 Å². The molecule has 1 saturated heterocycles. The number of fused-ring (bicyclic) bond motifs is 1. The van der Waals surface area contributed by atoms with E-state index in [0.29, 0.717) is 11.2 Å². The van der Waals surface area contributed by atoms with E-state index in [9.17, 15) is 18.3 Å². The van der Waals surface area contributed by atoms with E-state index in [1.54, 1.807) is 17.8 Å². The molecule has 5 atom stereocenters. The maximum absolute atomic E-state index is 12.2. The Morgan fingerprint density at radius 1 is 1.37 bits per heavy atom. The number of aliphatic hydroxyl groups excluding tert-OH is 1. The van der Waals surface area contributed by atoms with Crippen LogP contribution in [-0.2, 0) is 23.8 Å². The molecule has 1 fully saturated rings. The number of hydrogen-bond acceptors (Lipinski definition) is 9. The van der Waals surface area contributed by atoms with Crippen molar-refractivity contribution >= 4 is 27.1 Å². The van der Waals surface area contributed by atoms with Crippen LogP contribution in [-0.4, -0.2) is 63.4 Å². The van der Waals surface area contributed by atoms with Gasteiger partial charge < -0.3 is 9.84 Å². The van der Waals surface area contributed by atoms with Crippen LogP contribution in [0.3, 0.4) is 0 Å². The zero-order valence-corrected chi connectivity index (χ0v) is 18.4. The van der Waals surface area contributed by atoms with Gasteiger partial charge in [-0.25, -0.2) is 15.0 Å². The molecule has 0 bridgehead atoms. The quantitative estimate of drug-likeness (QED) is 0.574. The van der Waals surface area contributed by atoms with Crippen molar-refractivity contribution < 1.29 is 27.2 Å². The average Bonchev–Trinajstić information content (AvgIpc) is 3.29. The molecule has 0 unspecified atom stereocenters. The lowest BCUT2D eigenvalue weighted by Gasteiger charge is -2.18. The molecule has 0 radical (unpaired) electrons. The zero-order valence-electron chi connectivity index (χ0n) is 17.6. The smallest absolute Gasteiger partial charge is 0.274 e. The van der Waals surface area contributed by atoms with Crippen LogP contribution in [0, 0.1) is 18.8 Å². The van der Waals surface area contributed by atoms with E-state index >= 15 is 0 Å². The monoisotopic (exact) mass is 440 g/mol. The number of ketones is 1. The number of hydrogen-bond donors (Lipinski definition) is 1. The molecule has 1 aliphatic rings. The predicted molar refractivity (Wildman–Crippen MR) is 108 cm³/mol. The second-order valence-corrected chi connectivity index (χ2v) is 9.48. The summed E-state index contributed by atoms with van der Waals surface area (Å²) in [7, 11) is -4.07. The first kappa shape index (κ1) is 22.7. The number of Topliss-reactive ketones (excluding diaryl/α,β-unsaturated/α-hetero) is 1. The summed E-state index contributed by atoms with van der Waals surface area (Å²) in [5.74, 6) is -1.35. The number of aromatic nitrogens is 4. The van der Waals surface area contributed by atoms with Crippen LogP contribution in [0.25, 0.3) is 11.2 Å². The molecule has 10 nitrogen and oxygen atoms in total. The number of imidazole rings is 1. The molecule has 2 aromatic heterocycles. The maximum Gasteiger partial charge on any atom is 0.274 e. The van der Waals surface area contributed by atoms with E-state index in [-0.39, 0.29) is 30.6 Å². The zero-order chi connectivity index (χ0) is 22.1. The minimum absolute atomic E-state index is 0.0888. The predicted octanol–water partition coefficient (Wildman–Crippen LogP) is 1.38. The van der Waals surface area contributed by atoms with E-state index in [0.717, 1.165) is 12.1 Å². The summed E-state index contributed by atoms with van der Waals surface area (Å²) in [6, 6.07) is 0. The minimum Gasteiger partial charge on any atom is -0.390 e. The number of rotatable bonds is 9. The van der Waals surface area contributed by atoms with Gasteiger partial charge in [0.1, 0.15) is 29.9 Å². The number of ether oxygens (including phenoxy) is 1. The van der Waals surface area contributed by atoms with Gasteiger partial charge in [0, 0.05) is 12.3 Å². The highest BCUT2D eigenvalue weighted by Crippen LogP contribution is 2.31. The lowest BCUT2D eigenvalue weighted by Crippen LogP contribution is -2.31.